The summed E-state index contributed by atoms with van der Waals surface area (Å²) in [6, 6.07) is 7.04. The summed E-state index contributed by atoms with van der Waals surface area (Å²) in [5.74, 6) is 2.50. The molecule has 0 bridgehead atoms. The van der Waals surface area contributed by atoms with E-state index in [9.17, 15) is 4.79 Å². The maximum Gasteiger partial charge on any atom is 0.243 e. The lowest BCUT2D eigenvalue weighted by Crippen LogP contribution is -2.37. The van der Waals surface area contributed by atoms with Crippen molar-refractivity contribution in [2.75, 3.05) is 18.9 Å². The van der Waals surface area contributed by atoms with Gasteiger partial charge in [0.1, 0.15) is 0 Å². The van der Waals surface area contributed by atoms with Crippen molar-refractivity contribution in [2.45, 2.75) is 0 Å². The Hall–Kier alpha value is -2.48. The van der Waals surface area contributed by atoms with E-state index >= 15 is 0 Å². The SMILES string of the molecule is C#Cc1cccc(NC(=O)CNC(N)=NC)c1. The third-order valence-electron chi connectivity index (χ3n) is 1.98. The number of carbonyl (C=O) groups excluding carboxylic acids is 1. The molecule has 0 aliphatic carbocycles. The van der Waals surface area contributed by atoms with Crippen LogP contribution in [-0.4, -0.2) is 25.5 Å². The van der Waals surface area contributed by atoms with Gasteiger partial charge in [-0.05, 0) is 18.2 Å². The first-order valence-electron chi connectivity index (χ1n) is 4.98. The highest BCUT2D eigenvalue weighted by Gasteiger charge is 2.02. The van der Waals surface area contributed by atoms with E-state index in [0.29, 0.717) is 11.3 Å². The molecular weight excluding hydrogens is 216 g/mol. The quantitative estimate of drug-likeness (QED) is 0.392. The van der Waals surface area contributed by atoms with Crippen LogP contribution in [0.5, 0.6) is 0 Å². The van der Waals surface area contributed by atoms with Crippen molar-refractivity contribution in [3.05, 3.63) is 29.8 Å². The minimum Gasteiger partial charge on any atom is -0.370 e. The molecule has 1 amide bonds. The zero-order chi connectivity index (χ0) is 12.7. The summed E-state index contributed by atoms with van der Waals surface area (Å²) in [6.45, 7) is 0.0590. The highest BCUT2D eigenvalue weighted by Crippen LogP contribution is 2.09. The molecule has 88 valence electrons. The van der Waals surface area contributed by atoms with Gasteiger partial charge in [0.25, 0.3) is 0 Å². The number of hydrogen-bond donors (Lipinski definition) is 3. The minimum absolute atomic E-state index is 0.0590. The zero-order valence-electron chi connectivity index (χ0n) is 9.53. The third kappa shape index (κ3) is 4.26. The monoisotopic (exact) mass is 230 g/mol. The van der Waals surface area contributed by atoms with E-state index < -0.39 is 0 Å². The molecule has 0 aliphatic rings. The average molecular weight is 230 g/mol. The molecular formula is C12H14N4O. The van der Waals surface area contributed by atoms with Gasteiger partial charge in [0.2, 0.25) is 5.91 Å². The van der Waals surface area contributed by atoms with E-state index in [-0.39, 0.29) is 18.4 Å². The van der Waals surface area contributed by atoms with Crippen LogP contribution in [0.25, 0.3) is 0 Å². The van der Waals surface area contributed by atoms with Gasteiger partial charge in [-0.2, -0.15) is 0 Å². The summed E-state index contributed by atoms with van der Waals surface area (Å²) in [6.07, 6.45) is 5.26. The Morgan fingerprint density at radius 2 is 2.35 bits per heavy atom. The number of amides is 1. The summed E-state index contributed by atoms with van der Waals surface area (Å²) < 4.78 is 0. The molecule has 0 saturated carbocycles. The van der Waals surface area contributed by atoms with Crippen LogP contribution in [0.3, 0.4) is 0 Å². The molecule has 4 N–H and O–H groups in total. The first-order valence-corrected chi connectivity index (χ1v) is 4.98. The Balaban J connectivity index is 2.54. The van der Waals surface area contributed by atoms with Crippen LogP contribution in [0.4, 0.5) is 5.69 Å². The number of nitrogens with zero attached hydrogens (tertiary/aromatic N) is 1. The summed E-state index contributed by atoms with van der Waals surface area (Å²) >= 11 is 0. The first kappa shape index (κ1) is 12.6. The van der Waals surface area contributed by atoms with Crippen molar-refractivity contribution in [1.29, 1.82) is 0 Å². The minimum atomic E-state index is -0.217. The smallest absolute Gasteiger partial charge is 0.243 e. The van der Waals surface area contributed by atoms with Gasteiger partial charge in [-0.1, -0.05) is 12.0 Å². The van der Waals surface area contributed by atoms with Crippen LogP contribution < -0.4 is 16.4 Å². The Morgan fingerprint density at radius 3 is 3.00 bits per heavy atom. The highest BCUT2D eigenvalue weighted by molar-refractivity contribution is 5.94. The summed E-state index contributed by atoms with van der Waals surface area (Å²) in [4.78, 5) is 15.2. The van der Waals surface area contributed by atoms with Crippen LogP contribution in [0.1, 0.15) is 5.56 Å². The zero-order valence-corrected chi connectivity index (χ0v) is 9.53. The van der Waals surface area contributed by atoms with Gasteiger partial charge in [-0.15, -0.1) is 6.42 Å². The predicted molar refractivity (Wildman–Crippen MR) is 68.6 cm³/mol. The molecule has 5 heteroatoms. The highest BCUT2D eigenvalue weighted by atomic mass is 16.1. The van der Waals surface area contributed by atoms with Crippen LogP contribution in [0.2, 0.25) is 0 Å². The summed E-state index contributed by atoms with van der Waals surface area (Å²) in [5.41, 5.74) is 6.76. The number of benzene rings is 1. The number of carbonyl (C=O) groups is 1. The van der Waals surface area contributed by atoms with E-state index in [2.05, 4.69) is 21.5 Å². The lowest BCUT2D eigenvalue weighted by Gasteiger charge is -2.07. The molecule has 0 heterocycles. The number of guanidine groups is 1. The molecule has 0 spiro atoms. The standard InChI is InChI=1S/C12H14N4O/c1-3-9-5-4-6-10(7-9)16-11(17)8-15-12(13)14-2/h1,4-7H,8H2,2H3,(H,16,17)(H3,13,14,15). The molecule has 17 heavy (non-hydrogen) atoms. The van der Waals surface area contributed by atoms with Crippen molar-refractivity contribution in [3.63, 3.8) is 0 Å². The molecule has 1 aromatic rings. The van der Waals surface area contributed by atoms with Gasteiger partial charge in [0, 0.05) is 18.3 Å². The topological polar surface area (TPSA) is 79.5 Å². The maximum absolute atomic E-state index is 11.5. The van der Waals surface area contributed by atoms with Crippen molar-refractivity contribution in [1.82, 2.24) is 5.32 Å². The second kappa shape index (κ2) is 6.18. The van der Waals surface area contributed by atoms with E-state index in [0.717, 1.165) is 0 Å². The van der Waals surface area contributed by atoms with Crippen molar-refractivity contribution >= 4 is 17.6 Å². The molecule has 0 atom stereocenters. The summed E-state index contributed by atoms with van der Waals surface area (Å²) in [5, 5.41) is 5.34. The second-order valence-corrected chi connectivity index (χ2v) is 3.24. The van der Waals surface area contributed by atoms with Crippen molar-refractivity contribution in [2.24, 2.45) is 10.7 Å². The molecule has 0 aliphatic heterocycles. The molecule has 0 fully saturated rings. The number of aliphatic imine (C=N–C) groups is 1. The van der Waals surface area contributed by atoms with Crippen molar-refractivity contribution in [3.8, 4) is 12.3 Å². The van der Waals surface area contributed by atoms with Crippen LogP contribution in [-0.2, 0) is 4.79 Å². The van der Waals surface area contributed by atoms with Crippen molar-refractivity contribution < 1.29 is 4.79 Å². The van der Waals surface area contributed by atoms with Crippen LogP contribution >= 0.6 is 0 Å². The largest absolute Gasteiger partial charge is 0.370 e. The van der Waals surface area contributed by atoms with Gasteiger partial charge in [0.05, 0.1) is 6.54 Å². The first-order chi connectivity index (χ1) is 8.15. The number of anilines is 1. The number of nitrogens with two attached hydrogens (primary N) is 1. The van der Waals surface area contributed by atoms with E-state index in [1.807, 2.05) is 0 Å². The fourth-order valence-corrected chi connectivity index (χ4v) is 1.14. The summed E-state index contributed by atoms with van der Waals surface area (Å²) in [7, 11) is 1.54. The molecule has 0 aromatic heterocycles. The van der Waals surface area contributed by atoms with Gasteiger partial charge in [0.15, 0.2) is 5.96 Å². The third-order valence-corrected chi connectivity index (χ3v) is 1.98. The fourth-order valence-electron chi connectivity index (χ4n) is 1.14. The molecule has 1 rings (SSSR count). The molecule has 0 unspecified atom stereocenters. The van der Waals surface area contributed by atoms with Crippen LogP contribution in [0, 0.1) is 12.3 Å². The fraction of sp³-hybridized carbons (Fsp3) is 0.167. The normalized spacial score (nSPS) is 10.5. The maximum atomic E-state index is 11.5. The van der Waals surface area contributed by atoms with Crippen LogP contribution in [0.15, 0.2) is 29.3 Å². The Bertz CT molecular complexity index is 474. The number of terminal acetylenes is 1. The van der Waals surface area contributed by atoms with E-state index in [1.54, 1.807) is 24.3 Å². The lowest BCUT2D eigenvalue weighted by molar-refractivity contribution is -0.115. The van der Waals surface area contributed by atoms with Gasteiger partial charge >= 0.3 is 0 Å². The molecule has 1 aromatic carbocycles. The average Bonchev–Trinajstić information content (AvgIpc) is 2.36. The van der Waals surface area contributed by atoms with Gasteiger partial charge in [-0.25, -0.2) is 0 Å². The second-order valence-electron chi connectivity index (χ2n) is 3.24. The molecule has 0 saturated heterocycles. The van der Waals surface area contributed by atoms with E-state index in [1.165, 1.54) is 7.05 Å². The Kier molecular flexibility index (Phi) is 4.58. The van der Waals surface area contributed by atoms with Gasteiger partial charge < -0.3 is 16.4 Å². The predicted octanol–water partition coefficient (Wildman–Crippen LogP) is 0.141. The number of nitrogens with one attached hydrogen (secondary N) is 2. The lowest BCUT2D eigenvalue weighted by atomic mass is 10.2. The van der Waals surface area contributed by atoms with Gasteiger partial charge in [-0.3, -0.25) is 9.79 Å². The Labute approximate surface area is 100 Å². The number of rotatable bonds is 3. The molecule has 5 nitrogen and oxygen atoms in total. The molecule has 0 radical (unpaired) electrons. The van der Waals surface area contributed by atoms with E-state index in [4.69, 9.17) is 12.2 Å². The number of hydrogen-bond acceptors (Lipinski definition) is 2. The Morgan fingerprint density at radius 1 is 1.59 bits per heavy atom.